The van der Waals surface area contributed by atoms with Gasteiger partial charge in [-0.1, -0.05) is 45.6 Å². The normalized spacial score (nSPS) is 30.5. The zero-order valence-corrected chi connectivity index (χ0v) is 32.3. The summed E-state index contributed by atoms with van der Waals surface area (Å²) in [6, 6.07) is 5.30. The Bertz CT molecular complexity index is 1850. The van der Waals surface area contributed by atoms with Crippen LogP contribution in [0.4, 0.5) is 0 Å². The third kappa shape index (κ3) is 8.04. The van der Waals surface area contributed by atoms with Gasteiger partial charge in [0.1, 0.15) is 11.9 Å². The molecule has 0 radical (unpaired) electrons. The summed E-state index contributed by atoms with van der Waals surface area (Å²) in [6.45, 7) is 6.84. The molecule has 12 heteroatoms. The number of nitrogens with zero attached hydrogens (tertiary/aromatic N) is 2. The van der Waals surface area contributed by atoms with Gasteiger partial charge in [-0.3, -0.25) is 23.9 Å². The zero-order chi connectivity index (χ0) is 37.5. The highest BCUT2D eigenvalue weighted by molar-refractivity contribution is 7.90. The average molecular weight is 750 g/mol. The number of carbonyl (C=O) groups is 4. The number of carbonyl (C=O) groups excluding carboxylic acids is 4. The van der Waals surface area contributed by atoms with E-state index in [2.05, 4.69) is 28.8 Å². The first-order valence-electron chi connectivity index (χ1n) is 19.9. The van der Waals surface area contributed by atoms with Gasteiger partial charge in [0.15, 0.2) is 5.78 Å². The van der Waals surface area contributed by atoms with E-state index in [-0.39, 0.29) is 67.6 Å². The molecule has 4 bridgehead atoms. The van der Waals surface area contributed by atoms with Gasteiger partial charge in [0, 0.05) is 49.3 Å². The van der Waals surface area contributed by atoms with Crippen molar-refractivity contribution in [2.45, 2.75) is 128 Å². The average Bonchev–Trinajstić information content (AvgIpc) is 4.07. The molecule has 11 nitrogen and oxygen atoms in total. The van der Waals surface area contributed by atoms with E-state index in [1.165, 1.54) is 0 Å². The Morgan fingerprint density at radius 3 is 2.57 bits per heavy atom. The van der Waals surface area contributed by atoms with Gasteiger partial charge in [0.05, 0.1) is 29.9 Å². The lowest BCUT2D eigenvalue weighted by Crippen LogP contribution is -2.48. The summed E-state index contributed by atoms with van der Waals surface area (Å²) in [6.07, 6.45) is 9.75. The molecule has 1 aromatic carbocycles. The summed E-state index contributed by atoms with van der Waals surface area (Å²) < 4.78 is 40.6. The maximum atomic E-state index is 14.9. The van der Waals surface area contributed by atoms with Crippen LogP contribution in [-0.4, -0.2) is 78.8 Å². The second-order valence-electron chi connectivity index (χ2n) is 16.6. The molecule has 4 fully saturated rings. The first kappa shape index (κ1) is 37.9. The molecule has 3 saturated carbocycles. The van der Waals surface area contributed by atoms with Gasteiger partial charge in [0.2, 0.25) is 27.7 Å². The fourth-order valence-electron chi connectivity index (χ4n) is 9.26. The molecule has 6 atom stereocenters. The molecule has 2 aromatic rings. The predicted molar refractivity (Wildman–Crippen MR) is 200 cm³/mol. The van der Waals surface area contributed by atoms with Crippen molar-refractivity contribution in [1.82, 2.24) is 14.6 Å². The largest absolute Gasteiger partial charge is 0.472 e. The van der Waals surface area contributed by atoms with Crippen LogP contribution in [0.15, 0.2) is 24.4 Å². The Hall–Kier alpha value is -3.38. The summed E-state index contributed by atoms with van der Waals surface area (Å²) in [7, 11) is -3.80. The number of rotatable bonds is 8. The Morgan fingerprint density at radius 2 is 1.85 bits per heavy atom. The number of aromatic nitrogens is 1. The number of amides is 2. The fourth-order valence-corrected chi connectivity index (χ4v) is 10.6. The molecule has 5 aliphatic rings. The summed E-state index contributed by atoms with van der Waals surface area (Å²) in [5, 5.41) is 1.28. The fraction of sp³-hybridized carbons (Fsp3) is 0.683. The smallest absolute Gasteiger partial charge is 0.240 e. The lowest BCUT2D eigenvalue weighted by Gasteiger charge is -2.34. The molecule has 53 heavy (non-hydrogen) atoms. The molecule has 0 spiro atoms. The molecule has 0 unspecified atom stereocenters. The van der Waals surface area contributed by atoms with Gasteiger partial charge >= 0.3 is 0 Å². The molecule has 288 valence electrons. The third-order valence-corrected chi connectivity index (χ3v) is 14.7. The molecule has 1 N–H and O–H groups in total. The van der Waals surface area contributed by atoms with Crippen molar-refractivity contribution < 1.29 is 37.1 Å². The predicted octanol–water partition coefficient (Wildman–Crippen LogP) is 5.63. The monoisotopic (exact) mass is 749 g/mol. The van der Waals surface area contributed by atoms with Crippen LogP contribution < -0.4 is 9.46 Å². The van der Waals surface area contributed by atoms with Gasteiger partial charge in [-0.2, -0.15) is 0 Å². The third-order valence-electron chi connectivity index (χ3n) is 12.9. The number of fused-ring (bicyclic) bond motifs is 3. The second-order valence-corrected chi connectivity index (χ2v) is 18.6. The maximum Gasteiger partial charge on any atom is 0.240 e. The van der Waals surface area contributed by atoms with Crippen molar-refractivity contribution in [3.05, 3.63) is 35.5 Å². The molecular weight excluding hydrogens is 695 g/mol. The van der Waals surface area contributed by atoms with Crippen molar-refractivity contribution in [2.24, 2.45) is 29.1 Å². The molecule has 3 heterocycles. The first-order valence-corrected chi connectivity index (χ1v) is 21.5. The molecule has 7 rings (SSSR count). The Kier molecular flexibility index (Phi) is 11.0. The molecule has 1 saturated heterocycles. The summed E-state index contributed by atoms with van der Waals surface area (Å²) in [5.41, 5.74) is 1.17. The lowest BCUT2D eigenvalue weighted by atomic mass is 9.76. The van der Waals surface area contributed by atoms with Crippen molar-refractivity contribution in [3.63, 3.8) is 0 Å². The highest BCUT2D eigenvalue weighted by atomic mass is 32.2. The summed E-state index contributed by atoms with van der Waals surface area (Å²) in [5.74, 6) is -1.74. The lowest BCUT2D eigenvalue weighted by molar-refractivity contribution is -0.145. The highest BCUT2D eigenvalue weighted by Crippen LogP contribution is 2.58. The highest BCUT2D eigenvalue weighted by Gasteiger charge is 2.61. The van der Waals surface area contributed by atoms with Crippen molar-refractivity contribution in [1.29, 1.82) is 0 Å². The first-order chi connectivity index (χ1) is 25.4. The van der Waals surface area contributed by atoms with E-state index in [4.69, 9.17) is 9.47 Å². The van der Waals surface area contributed by atoms with E-state index in [0.717, 1.165) is 66.8 Å². The van der Waals surface area contributed by atoms with E-state index < -0.39 is 44.7 Å². The summed E-state index contributed by atoms with van der Waals surface area (Å²) in [4.78, 5) is 63.1. The van der Waals surface area contributed by atoms with Crippen molar-refractivity contribution in [2.75, 3.05) is 19.8 Å². The van der Waals surface area contributed by atoms with Crippen LogP contribution in [-0.2, 0) is 40.4 Å². The van der Waals surface area contributed by atoms with Crippen LogP contribution in [0.1, 0.15) is 108 Å². The number of sulfonamides is 1. The van der Waals surface area contributed by atoms with Crippen molar-refractivity contribution >= 4 is 44.2 Å². The minimum Gasteiger partial charge on any atom is -0.472 e. The number of hydrogen-bond donors (Lipinski definition) is 1. The van der Waals surface area contributed by atoms with Crippen LogP contribution in [0.3, 0.4) is 0 Å². The Balaban J connectivity index is 1.22. The molecular formula is C41H55N3O8S. The SMILES string of the molecule is CC[C@@H]1C[C@]1(CC(=O)[C@@H]1C[C@@H]2CN1C(=O)[C@H](C1CCCCC1)CC(=O)[C@@H](C)COCCCc1cc3c(nccc3cc1C)O2)C(=O)NS(=O)(=O)C1CC1. The Labute approximate surface area is 313 Å². The topological polar surface area (TPSA) is 149 Å². The number of aryl methyl sites for hydroxylation is 2. The van der Waals surface area contributed by atoms with Crippen molar-refractivity contribution in [3.8, 4) is 5.88 Å². The van der Waals surface area contributed by atoms with Crippen LogP contribution >= 0.6 is 0 Å². The number of ketones is 2. The number of hydrogen-bond acceptors (Lipinski definition) is 9. The molecule has 3 aliphatic carbocycles. The van der Waals surface area contributed by atoms with E-state index in [1.807, 2.05) is 19.9 Å². The summed E-state index contributed by atoms with van der Waals surface area (Å²) >= 11 is 0. The van der Waals surface area contributed by atoms with Crippen LogP contribution in [0.5, 0.6) is 5.88 Å². The molecule has 1 aromatic heterocycles. The minimum atomic E-state index is -3.80. The van der Waals surface area contributed by atoms with Crippen LogP contribution in [0, 0.1) is 36.0 Å². The van der Waals surface area contributed by atoms with Gasteiger partial charge in [-0.15, -0.1) is 0 Å². The number of ether oxygens (including phenoxy) is 2. The number of nitrogens with one attached hydrogen (secondary N) is 1. The van der Waals surface area contributed by atoms with Gasteiger partial charge in [-0.25, -0.2) is 13.4 Å². The van der Waals surface area contributed by atoms with E-state index in [9.17, 15) is 27.6 Å². The van der Waals surface area contributed by atoms with Gasteiger partial charge in [0.25, 0.3) is 0 Å². The Morgan fingerprint density at radius 1 is 1.08 bits per heavy atom. The number of benzene rings is 1. The van der Waals surface area contributed by atoms with Gasteiger partial charge < -0.3 is 14.4 Å². The van der Waals surface area contributed by atoms with E-state index in [0.29, 0.717) is 38.2 Å². The maximum absolute atomic E-state index is 14.9. The quantitative estimate of drug-likeness (QED) is 0.363. The number of Topliss-reactive ketones (excluding diaryl/α,β-unsaturated/α-hetero) is 2. The molecule has 2 amide bonds. The van der Waals surface area contributed by atoms with E-state index >= 15 is 0 Å². The second kappa shape index (κ2) is 15.4. The standard InChI is InChI=1S/C41H55N3O8S/c1-4-30-21-41(30,40(48)43-53(49,50)32-12-13-32)22-37(46)35-19-31-23-44(35)39(47)34(27-9-6-5-7-10-27)20-36(45)26(3)24-51-16-8-11-28-18-33-29(17-25(28)2)14-15-42-38(33)52-31/h14-15,17-18,26-27,30-32,34-35H,4-13,16,19-24H2,1-3H3,(H,43,48)/t26-,30+,31+,34-,35-,41+/m0/s1. The van der Waals surface area contributed by atoms with Crippen LogP contribution in [0.2, 0.25) is 0 Å². The van der Waals surface area contributed by atoms with Gasteiger partial charge in [-0.05, 0) is 92.4 Å². The zero-order valence-electron chi connectivity index (χ0n) is 31.4. The minimum absolute atomic E-state index is 0.0133. The van der Waals surface area contributed by atoms with Crippen LogP contribution in [0.25, 0.3) is 10.8 Å². The number of pyridine rings is 1. The molecule has 2 aliphatic heterocycles. The van der Waals surface area contributed by atoms with E-state index in [1.54, 1.807) is 11.1 Å².